The summed E-state index contributed by atoms with van der Waals surface area (Å²) in [6, 6.07) is 4.61. The predicted molar refractivity (Wildman–Crippen MR) is 136 cm³/mol. The molecule has 0 aromatic carbocycles. The average Bonchev–Trinajstić information content (AvgIpc) is 2.69. The second kappa shape index (κ2) is 11.7. The Labute approximate surface area is 203 Å². The van der Waals surface area contributed by atoms with Gasteiger partial charge < -0.3 is 4.74 Å². The lowest BCUT2D eigenvalue weighted by atomic mass is 9.82. The lowest BCUT2D eigenvalue weighted by Crippen LogP contribution is -2.44. The van der Waals surface area contributed by atoms with E-state index >= 15 is 0 Å². The summed E-state index contributed by atoms with van der Waals surface area (Å²) < 4.78 is 9.03. The first-order valence-corrected chi connectivity index (χ1v) is 12.8. The summed E-state index contributed by atoms with van der Waals surface area (Å²) in [5.74, 6) is 0. The first-order valence-electron chi connectivity index (χ1n) is 10.6. The SMILES string of the molecule is CCCCCC1(OC2(CCCCC)C=C(I)C(C#N)=CC2)C=C(I)C(C#N)=CC1. The smallest absolute Gasteiger partial charge is 0.0999 e. The molecule has 0 heterocycles. The van der Waals surface area contributed by atoms with E-state index in [1.807, 2.05) is 12.2 Å². The summed E-state index contributed by atoms with van der Waals surface area (Å²) in [6.45, 7) is 4.43. The van der Waals surface area contributed by atoms with Crippen molar-refractivity contribution in [2.24, 2.45) is 0 Å². The molecule has 156 valence electrons. The molecule has 0 aromatic heterocycles. The summed E-state index contributed by atoms with van der Waals surface area (Å²) in [4.78, 5) is 0. The summed E-state index contributed by atoms with van der Waals surface area (Å²) in [6.07, 6.45) is 18.8. The fourth-order valence-corrected chi connectivity index (χ4v) is 5.84. The van der Waals surface area contributed by atoms with Crippen molar-refractivity contribution in [3.05, 3.63) is 42.6 Å². The van der Waals surface area contributed by atoms with Crippen molar-refractivity contribution in [1.29, 1.82) is 10.5 Å². The van der Waals surface area contributed by atoms with E-state index in [1.54, 1.807) is 0 Å². The van der Waals surface area contributed by atoms with Crippen LogP contribution in [-0.4, -0.2) is 11.2 Å². The maximum Gasteiger partial charge on any atom is 0.0999 e. The quantitative estimate of drug-likeness (QED) is 0.185. The highest BCUT2D eigenvalue weighted by Crippen LogP contribution is 2.44. The van der Waals surface area contributed by atoms with Crippen LogP contribution in [0.3, 0.4) is 0 Å². The molecule has 2 rings (SSSR count). The summed E-state index contributed by atoms with van der Waals surface area (Å²) >= 11 is 4.54. The maximum atomic E-state index is 9.40. The second-order valence-corrected chi connectivity index (χ2v) is 10.3. The largest absolute Gasteiger partial charge is 0.360 e. The zero-order valence-electron chi connectivity index (χ0n) is 17.4. The van der Waals surface area contributed by atoms with Crippen LogP contribution in [0, 0.1) is 22.7 Å². The van der Waals surface area contributed by atoms with E-state index in [1.165, 1.54) is 25.7 Å². The highest BCUT2D eigenvalue weighted by molar-refractivity contribution is 14.1. The summed E-state index contributed by atoms with van der Waals surface area (Å²) in [5.41, 5.74) is 0.731. The van der Waals surface area contributed by atoms with Gasteiger partial charge >= 0.3 is 0 Å². The average molecular weight is 616 g/mol. The zero-order chi connectivity index (χ0) is 21.3. The van der Waals surface area contributed by atoms with Gasteiger partial charge in [-0.2, -0.15) is 10.5 Å². The van der Waals surface area contributed by atoms with Gasteiger partial charge in [0.15, 0.2) is 0 Å². The fraction of sp³-hybridized carbons (Fsp3) is 0.583. The molecular formula is C24H30I2N2O. The zero-order valence-corrected chi connectivity index (χ0v) is 21.8. The van der Waals surface area contributed by atoms with Gasteiger partial charge in [-0.1, -0.05) is 64.5 Å². The molecule has 29 heavy (non-hydrogen) atoms. The Balaban J connectivity index is 2.36. The van der Waals surface area contributed by atoms with Crippen molar-refractivity contribution in [2.75, 3.05) is 0 Å². The fourth-order valence-electron chi connectivity index (χ4n) is 4.02. The molecular weight excluding hydrogens is 586 g/mol. The lowest BCUT2D eigenvalue weighted by Gasteiger charge is -2.44. The molecule has 0 fully saturated rings. The van der Waals surface area contributed by atoms with Gasteiger partial charge in [-0.25, -0.2) is 0 Å². The molecule has 2 atom stereocenters. The number of unbranched alkanes of at least 4 members (excludes halogenated alkanes) is 4. The monoisotopic (exact) mass is 616 g/mol. The highest BCUT2D eigenvalue weighted by Gasteiger charge is 2.41. The lowest BCUT2D eigenvalue weighted by molar-refractivity contribution is -0.115. The van der Waals surface area contributed by atoms with Gasteiger partial charge in [-0.3, -0.25) is 0 Å². The highest BCUT2D eigenvalue weighted by atomic mass is 127. The summed E-state index contributed by atoms with van der Waals surface area (Å²) in [7, 11) is 0. The van der Waals surface area contributed by atoms with Crippen LogP contribution in [0.1, 0.15) is 78.1 Å². The van der Waals surface area contributed by atoms with Gasteiger partial charge in [0.25, 0.3) is 0 Å². The van der Waals surface area contributed by atoms with Gasteiger partial charge in [0.2, 0.25) is 0 Å². The van der Waals surface area contributed by atoms with Crippen LogP contribution < -0.4 is 0 Å². The molecule has 3 nitrogen and oxygen atoms in total. The molecule has 0 aromatic rings. The molecule has 0 saturated heterocycles. The van der Waals surface area contributed by atoms with Gasteiger partial charge in [0.05, 0.1) is 34.5 Å². The molecule has 0 bridgehead atoms. The number of hydrogen-bond donors (Lipinski definition) is 0. The third-order valence-corrected chi connectivity index (χ3v) is 7.44. The van der Waals surface area contributed by atoms with Gasteiger partial charge in [0.1, 0.15) is 0 Å². The Kier molecular flexibility index (Phi) is 9.91. The standard InChI is InChI=1S/C24H30I2N2O/c1-3-5-7-11-23(13-9-19(17-27)21(25)15-23)29-24(12-8-6-4-2)14-10-20(18-28)22(26)16-24/h9-10,15-16H,3-8,11-14H2,1-2H3. The first kappa shape index (κ1) is 24.6. The van der Waals surface area contributed by atoms with Crippen molar-refractivity contribution in [3.63, 3.8) is 0 Å². The first-order chi connectivity index (χ1) is 13.9. The molecule has 0 aliphatic heterocycles. The third kappa shape index (κ3) is 6.67. The minimum absolute atomic E-state index is 0.385. The Morgan fingerprint density at radius 3 is 1.55 bits per heavy atom. The number of hydrogen-bond acceptors (Lipinski definition) is 3. The summed E-state index contributed by atoms with van der Waals surface area (Å²) in [5, 5.41) is 18.8. The number of rotatable bonds is 10. The number of nitriles is 2. The number of allylic oxidation sites excluding steroid dienone is 4. The van der Waals surface area contributed by atoms with E-state index < -0.39 is 0 Å². The van der Waals surface area contributed by atoms with Crippen LogP contribution in [-0.2, 0) is 4.74 Å². The molecule has 2 aliphatic carbocycles. The molecule has 0 radical (unpaired) electrons. The van der Waals surface area contributed by atoms with Crippen molar-refractivity contribution in [2.45, 2.75) is 89.3 Å². The van der Waals surface area contributed by atoms with Gasteiger partial charge in [0, 0.05) is 7.16 Å². The van der Waals surface area contributed by atoms with Crippen LogP contribution >= 0.6 is 45.2 Å². The van der Waals surface area contributed by atoms with E-state index in [4.69, 9.17) is 4.74 Å². The predicted octanol–water partition coefficient (Wildman–Crippen LogP) is 7.99. The van der Waals surface area contributed by atoms with Gasteiger partial charge in [-0.15, -0.1) is 0 Å². The van der Waals surface area contributed by atoms with Crippen molar-refractivity contribution < 1.29 is 4.74 Å². The van der Waals surface area contributed by atoms with Crippen LogP contribution in [0.4, 0.5) is 0 Å². The molecule has 2 aliphatic rings. The van der Waals surface area contributed by atoms with Crippen LogP contribution in [0.2, 0.25) is 0 Å². The van der Waals surface area contributed by atoms with E-state index in [-0.39, 0.29) is 11.2 Å². The molecule has 2 unspecified atom stereocenters. The number of nitrogens with zero attached hydrogens (tertiary/aromatic N) is 2. The number of halogens is 2. The van der Waals surface area contributed by atoms with Crippen LogP contribution in [0.5, 0.6) is 0 Å². The molecule has 0 spiro atoms. The van der Waals surface area contributed by atoms with E-state index in [2.05, 4.69) is 83.3 Å². The molecule has 0 amide bonds. The van der Waals surface area contributed by atoms with Crippen molar-refractivity contribution >= 4 is 45.2 Å². The Bertz CT molecular complexity index is 731. The van der Waals surface area contributed by atoms with E-state index in [9.17, 15) is 10.5 Å². The number of ether oxygens (including phenoxy) is 1. The van der Waals surface area contributed by atoms with E-state index in [0.717, 1.165) is 56.8 Å². The maximum absolute atomic E-state index is 9.40. The van der Waals surface area contributed by atoms with Crippen molar-refractivity contribution in [3.8, 4) is 12.1 Å². The van der Waals surface area contributed by atoms with Crippen molar-refractivity contribution in [1.82, 2.24) is 0 Å². The Hall–Kier alpha value is -0.640. The van der Waals surface area contributed by atoms with E-state index in [0.29, 0.717) is 0 Å². The molecule has 5 heteroatoms. The second-order valence-electron chi connectivity index (χ2n) is 8.00. The van der Waals surface area contributed by atoms with Gasteiger partial charge in [-0.05, 0) is 83.0 Å². The topological polar surface area (TPSA) is 56.8 Å². The molecule has 0 saturated carbocycles. The normalized spacial score (nSPS) is 26.6. The Morgan fingerprint density at radius 1 is 0.828 bits per heavy atom. The minimum atomic E-state index is -0.385. The van der Waals surface area contributed by atoms with Crippen LogP contribution in [0.25, 0.3) is 0 Å². The van der Waals surface area contributed by atoms with Crippen LogP contribution in [0.15, 0.2) is 42.6 Å². The minimum Gasteiger partial charge on any atom is -0.360 e. The molecule has 0 N–H and O–H groups in total. The Morgan fingerprint density at radius 2 is 1.24 bits per heavy atom. The third-order valence-electron chi connectivity index (χ3n) is 5.65.